The van der Waals surface area contributed by atoms with Gasteiger partial charge in [-0.2, -0.15) is 0 Å². The molecular formula is C25H24N2O3. The smallest absolute Gasteiger partial charge is 0.411 e. The monoisotopic (exact) mass is 400 g/mol. The zero-order valence-corrected chi connectivity index (χ0v) is 16.9. The number of benzene rings is 3. The van der Waals surface area contributed by atoms with Crippen LogP contribution in [0.2, 0.25) is 0 Å². The predicted molar refractivity (Wildman–Crippen MR) is 118 cm³/mol. The molecule has 0 fully saturated rings. The highest BCUT2D eigenvalue weighted by molar-refractivity contribution is 5.85. The Hall–Kier alpha value is -3.60. The van der Waals surface area contributed by atoms with Crippen molar-refractivity contribution < 1.29 is 14.3 Å². The minimum Gasteiger partial charge on any atom is -0.448 e. The number of carbonyl (C=O) groups is 2. The number of rotatable bonds is 6. The van der Waals surface area contributed by atoms with Crippen molar-refractivity contribution in [1.29, 1.82) is 0 Å². The Morgan fingerprint density at radius 2 is 1.47 bits per heavy atom. The summed E-state index contributed by atoms with van der Waals surface area (Å²) in [5.41, 5.74) is 6.55. The highest BCUT2D eigenvalue weighted by Gasteiger charge is 2.28. The minimum atomic E-state index is -0.470. The maximum absolute atomic E-state index is 12.3. The number of amides is 2. The van der Waals surface area contributed by atoms with Gasteiger partial charge in [-0.25, -0.2) is 4.79 Å². The zero-order chi connectivity index (χ0) is 20.9. The molecule has 0 saturated heterocycles. The summed E-state index contributed by atoms with van der Waals surface area (Å²) in [5.74, 6) is 0.00263. The molecule has 2 amide bonds. The van der Waals surface area contributed by atoms with E-state index in [-0.39, 0.29) is 18.4 Å². The van der Waals surface area contributed by atoms with E-state index in [1.54, 1.807) is 0 Å². The van der Waals surface area contributed by atoms with Gasteiger partial charge in [0.05, 0.1) is 0 Å². The Balaban J connectivity index is 1.35. The molecule has 0 aliphatic heterocycles. The van der Waals surface area contributed by atoms with E-state index in [0.717, 1.165) is 12.0 Å². The quantitative estimate of drug-likeness (QED) is 0.629. The van der Waals surface area contributed by atoms with Crippen LogP contribution in [0.1, 0.15) is 29.5 Å². The molecule has 1 aliphatic carbocycles. The first-order valence-electron chi connectivity index (χ1n) is 10.1. The van der Waals surface area contributed by atoms with Gasteiger partial charge >= 0.3 is 6.09 Å². The molecule has 5 heteroatoms. The van der Waals surface area contributed by atoms with Gasteiger partial charge in [-0.1, -0.05) is 60.7 Å². The van der Waals surface area contributed by atoms with E-state index in [1.165, 1.54) is 29.2 Å². The van der Waals surface area contributed by atoms with Gasteiger partial charge in [0.25, 0.3) is 0 Å². The summed E-state index contributed by atoms with van der Waals surface area (Å²) in [6, 6.07) is 24.1. The van der Waals surface area contributed by atoms with E-state index < -0.39 is 6.09 Å². The highest BCUT2D eigenvalue weighted by atomic mass is 16.5. The second-order valence-electron chi connectivity index (χ2n) is 7.38. The molecule has 4 rings (SSSR count). The van der Waals surface area contributed by atoms with Crippen LogP contribution in [0.15, 0.2) is 72.8 Å². The summed E-state index contributed by atoms with van der Waals surface area (Å²) in [4.78, 5) is 23.3. The van der Waals surface area contributed by atoms with Crippen molar-refractivity contribution in [2.24, 2.45) is 0 Å². The van der Waals surface area contributed by atoms with Gasteiger partial charge in [-0.15, -0.1) is 0 Å². The van der Waals surface area contributed by atoms with Crippen LogP contribution >= 0.6 is 0 Å². The van der Waals surface area contributed by atoms with Gasteiger partial charge in [0.15, 0.2) is 0 Å². The molecule has 3 aromatic carbocycles. The lowest BCUT2D eigenvalue weighted by Crippen LogP contribution is -2.22. The molecule has 3 aromatic rings. The van der Waals surface area contributed by atoms with Gasteiger partial charge in [0.2, 0.25) is 5.91 Å². The second kappa shape index (κ2) is 8.82. The fraction of sp³-hybridized carbons (Fsp3) is 0.200. The molecule has 0 spiro atoms. The molecule has 0 radical (unpaired) electrons. The number of carbonyl (C=O) groups excluding carboxylic acids is 2. The molecule has 0 heterocycles. The number of hydrogen-bond acceptors (Lipinski definition) is 3. The second-order valence-corrected chi connectivity index (χ2v) is 7.38. The fourth-order valence-corrected chi connectivity index (χ4v) is 3.89. The largest absolute Gasteiger partial charge is 0.448 e. The lowest BCUT2D eigenvalue weighted by Gasteiger charge is -2.14. The average molecular weight is 400 g/mol. The summed E-state index contributed by atoms with van der Waals surface area (Å²) in [6.07, 6.45) is 0.271. The normalized spacial score (nSPS) is 12.0. The molecule has 5 nitrogen and oxygen atoms in total. The van der Waals surface area contributed by atoms with E-state index in [2.05, 4.69) is 34.9 Å². The Labute approximate surface area is 176 Å². The SMILES string of the molecule is CC(=O)NCCc1ccc(NC(=O)OCC2c3ccccc3-c3ccccc32)cc1. The van der Waals surface area contributed by atoms with Crippen molar-refractivity contribution in [3.8, 4) is 11.1 Å². The van der Waals surface area contributed by atoms with Crippen molar-refractivity contribution in [1.82, 2.24) is 5.32 Å². The van der Waals surface area contributed by atoms with Crippen LogP contribution in [0, 0.1) is 0 Å². The summed E-state index contributed by atoms with van der Waals surface area (Å²) in [7, 11) is 0. The number of ether oxygens (including phenoxy) is 1. The van der Waals surface area contributed by atoms with Crippen molar-refractivity contribution in [2.75, 3.05) is 18.5 Å². The van der Waals surface area contributed by atoms with Gasteiger partial charge < -0.3 is 10.1 Å². The Morgan fingerprint density at radius 3 is 2.07 bits per heavy atom. The predicted octanol–water partition coefficient (Wildman–Crippen LogP) is 4.73. The summed E-state index contributed by atoms with van der Waals surface area (Å²) < 4.78 is 5.57. The third kappa shape index (κ3) is 4.35. The number of hydrogen-bond donors (Lipinski definition) is 2. The molecule has 30 heavy (non-hydrogen) atoms. The van der Waals surface area contributed by atoms with Gasteiger partial charge in [0.1, 0.15) is 6.61 Å². The summed E-state index contributed by atoms with van der Waals surface area (Å²) in [6.45, 7) is 2.38. The third-order valence-corrected chi connectivity index (χ3v) is 5.33. The standard InChI is InChI=1S/C25H24N2O3/c1-17(28)26-15-14-18-10-12-19(13-11-18)27-25(29)30-16-24-22-8-4-2-6-20(22)21-7-3-5-9-23(21)24/h2-13,24H,14-16H2,1H3,(H,26,28)(H,27,29). The molecule has 152 valence electrons. The maximum atomic E-state index is 12.3. The van der Waals surface area contributed by atoms with E-state index in [1.807, 2.05) is 48.5 Å². The molecule has 2 N–H and O–H groups in total. The van der Waals surface area contributed by atoms with Crippen LogP contribution in [-0.2, 0) is 16.0 Å². The van der Waals surface area contributed by atoms with Crippen LogP contribution in [0.3, 0.4) is 0 Å². The van der Waals surface area contributed by atoms with E-state index in [0.29, 0.717) is 12.2 Å². The zero-order valence-electron chi connectivity index (χ0n) is 16.9. The molecule has 0 bridgehead atoms. The third-order valence-electron chi connectivity index (χ3n) is 5.33. The highest BCUT2D eigenvalue weighted by Crippen LogP contribution is 2.44. The van der Waals surface area contributed by atoms with Crippen LogP contribution in [0.4, 0.5) is 10.5 Å². The van der Waals surface area contributed by atoms with Crippen LogP contribution in [-0.4, -0.2) is 25.2 Å². The number of nitrogens with one attached hydrogen (secondary N) is 2. The Morgan fingerprint density at radius 1 is 0.867 bits per heavy atom. The van der Waals surface area contributed by atoms with Crippen LogP contribution in [0.5, 0.6) is 0 Å². The molecule has 0 aromatic heterocycles. The van der Waals surface area contributed by atoms with Crippen molar-refractivity contribution in [3.63, 3.8) is 0 Å². The molecular weight excluding hydrogens is 376 g/mol. The van der Waals surface area contributed by atoms with Gasteiger partial charge in [-0.05, 0) is 46.4 Å². The van der Waals surface area contributed by atoms with E-state index >= 15 is 0 Å². The Bertz CT molecular complexity index is 1010. The first kappa shape index (κ1) is 19.7. The van der Waals surface area contributed by atoms with Crippen molar-refractivity contribution in [3.05, 3.63) is 89.5 Å². The number of fused-ring (bicyclic) bond motifs is 3. The van der Waals surface area contributed by atoms with Crippen molar-refractivity contribution >= 4 is 17.7 Å². The van der Waals surface area contributed by atoms with E-state index in [4.69, 9.17) is 4.74 Å². The molecule has 0 unspecified atom stereocenters. The fourth-order valence-electron chi connectivity index (χ4n) is 3.89. The lowest BCUT2D eigenvalue weighted by atomic mass is 9.98. The molecule has 1 aliphatic rings. The minimum absolute atomic E-state index is 0.0384. The number of anilines is 1. The summed E-state index contributed by atoms with van der Waals surface area (Å²) in [5, 5.41) is 5.55. The van der Waals surface area contributed by atoms with Crippen LogP contribution in [0.25, 0.3) is 11.1 Å². The van der Waals surface area contributed by atoms with E-state index in [9.17, 15) is 9.59 Å². The molecule has 0 atom stereocenters. The lowest BCUT2D eigenvalue weighted by molar-refractivity contribution is -0.118. The summed E-state index contributed by atoms with van der Waals surface area (Å²) >= 11 is 0. The van der Waals surface area contributed by atoms with Crippen molar-refractivity contribution in [2.45, 2.75) is 19.3 Å². The Kier molecular flexibility index (Phi) is 5.80. The average Bonchev–Trinajstić information content (AvgIpc) is 3.07. The molecule has 0 saturated carbocycles. The van der Waals surface area contributed by atoms with Gasteiger partial charge in [0, 0.05) is 25.1 Å². The first-order valence-corrected chi connectivity index (χ1v) is 10.1. The maximum Gasteiger partial charge on any atom is 0.411 e. The first-order chi connectivity index (χ1) is 14.6. The van der Waals surface area contributed by atoms with Gasteiger partial charge in [-0.3, -0.25) is 10.1 Å². The van der Waals surface area contributed by atoms with Crippen LogP contribution < -0.4 is 10.6 Å². The topological polar surface area (TPSA) is 67.4 Å².